The van der Waals surface area contributed by atoms with Crippen molar-refractivity contribution in [2.24, 2.45) is 0 Å². The van der Waals surface area contributed by atoms with Crippen LogP contribution in [0.4, 0.5) is 0 Å². The van der Waals surface area contributed by atoms with E-state index >= 15 is 0 Å². The number of nitrogens with one attached hydrogen (secondary N) is 1. The molecule has 1 N–H and O–H groups in total. The molecule has 0 spiro atoms. The van der Waals surface area contributed by atoms with Crippen LogP contribution in [0.5, 0.6) is 0 Å². The van der Waals surface area contributed by atoms with E-state index in [9.17, 15) is 0 Å². The minimum atomic E-state index is 0.757. The van der Waals surface area contributed by atoms with Crippen molar-refractivity contribution in [2.45, 2.75) is 44.7 Å². The summed E-state index contributed by atoms with van der Waals surface area (Å²) in [5, 5.41) is 3.60. The lowest BCUT2D eigenvalue weighted by Gasteiger charge is -2.22. The zero-order valence-corrected chi connectivity index (χ0v) is 8.05. The Hall–Kier alpha value is -0.0800. The van der Waals surface area contributed by atoms with Crippen LogP contribution in [0.25, 0.3) is 0 Å². The van der Waals surface area contributed by atoms with Gasteiger partial charge in [0.25, 0.3) is 0 Å². The highest BCUT2D eigenvalue weighted by Gasteiger charge is 2.30. The molecule has 12 heavy (non-hydrogen) atoms. The van der Waals surface area contributed by atoms with Crippen molar-refractivity contribution < 1.29 is 0 Å². The van der Waals surface area contributed by atoms with Crippen molar-refractivity contribution in [3.8, 4) is 0 Å². The summed E-state index contributed by atoms with van der Waals surface area (Å²) >= 11 is 0. The summed E-state index contributed by atoms with van der Waals surface area (Å²) in [6.45, 7) is 6.13. The van der Waals surface area contributed by atoms with Crippen molar-refractivity contribution in [1.82, 2.24) is 10.2 Å². The summed E-state index contributed by atoms with van der Waals surface area (Å²) in [5.74, 6) is 0. The average Bonchev–Trinajstić information content (AvgIpc) is 2.91. The molecular weight excluding hydrogens is 148 g/mol. The van der Waals surface area contributed by atoms with Gasteiger partial charge in [-0.2, -0.15) is 0 Å². The predicted octanol–water partition coefficient (Wildman–Crippen LogP) is 1.22. The van der Waals surface area contributed by atoms with E-state index in [4.69, 9.17) is 0 Å². The summed E-state index contributed by atoms with van der Waals surface area (Å²) in [6.07, 6.45) is 5.53. The van der Waals surface area contributed by atoms with Crippen LogP contribution in [0.3, 0.4) is 0 Å². The largest absolute Gasteiger partial charge is 0.313 e. The molecule has 0 aromatic carbocycles. The molecule has 2 nitrogen and oxygen atoms in total. The highest BCUT2D eigenvalue weighted by Crippen LogP contribution is 2.27. The molecule has 1 aliphatic heterocycles. The molecule has 2 fully saturated rings. The molecule has 0 bridgehead atoms. The van der Waals surface area contributed by atoms with Crippen LogP contribution in [-0.4, -0.2) is 36.6 Å². The molecule has 0 aromatic heterocycles. The maximum atomic E-state index is 3.60. The van der Waals surface area contributed by atoms with Gasteiger partial charge in [-0.1, -0.05) is 6.92 Å². The molecule has 0 aromatic rings. The molecule has 70 valence electrons. The van der Waals surface area contributed by atoms with E-state index in [0.29, 0.717) is 0 Å². The number of nitrogens with zero attached hydrogens (tertiary/aromatic N) is 1. The van der Waals surface area contributed by atoms with Gasteiger partial charge in [0.05, 0.1) is 0 Å². The number of hydrogen-bond acceptors (Lipinski definition) is 2. The van der Waals surface area contributed by atoms with Crippen molar-refractivity contribution in [3.63, 3.8) is 0 Å². The highest BCUT2D eigenvalue weighted by molar-refractivity contribution is 4.88. The smallest absolute Gasteiger partial charge is 0.0192 e. The zero-order valence-electron chi connectivity index (χ0n) is 8.05. The summed E-state index contributed by atoms with van der Waals surface area (Å²) < 4.78 is 0. The third kappa shape index (κ3) is 1.99. The van der Waals surface area contributed by atoms with E-state index in [1.165, 1.54) is 45.3 Å². The summed E-state index contributed by atoms with van der Waals surface area (Å²) in [4.78, 5) is 2.69. The summed E-state index contributed by atoms with van der Waals surface area (Å²) in [5.41, 5.74) is 0. The maximum Gasteiger partial charge on any atom is 0.0192 e. The van der Waals surface area contributed by atoms with E-state index in [1.807, 2.05) is 0 Å². The molecule has 2 rings (SSSR count). The Bertz CT molecular complexity index is 143. The van der Waals surface area contributed by atoms with Crippen molar-refractivity contribution in [3.05, 3.63) is 0 Å². The highest BCUT2D eigenvalue weighted by atomic mass is 15.2. The van der Waals surface area contributed by atoms with Gasteiger partial charge in [-0.25, -0.2) is 0 Å². The predicted molar refractivity (Wildman–Crippen MR) is 51.3 cm³/mol. The first-order valence-corrected chi connectivity index (χ1v) is 5.37. The first-order valence-electron chi connectivity index (χ1n) is 5.37. The lowest BCUT2D eigenvalue weighted by atomic mass is 10.2. The van der Waals surface area contributed by atoms with Crippen LogP contribution in [0.1, 0.15) is 32.6 Å². The summed E-state index contributed by atoms with van der Waals surface area (Å²) in [6, 6.07) is 1.71. The first-order chi connectivity index (χ1) is 5.90. The van der Waals surface area contributed by atoms with Crippen molar-refractivity contribution in [2.75, 3.05) is 19.6 Å². The van der Waals surface area contributed by atoms with Gasteiger partial charge in [0.15, 0.2) is 0 Å². The van der Waals surface area contributed by atoms with Crippen LogP contribution in [0.15, 0.2) is 0 Å². The maximum absolute atomic E-state index is 3.60. The lowest BCUT2D eigenvalue weighted by molar-refractivity contribution is 0.255. The Balaban J connectivity index is 1.86. The van der Waals surface area contributed by atoms with Gasteiger partial charge in [0.1, 0.15) is 0 Å². The van der Waals surface area contributed by atoms with Gasteiger partial charge >= 0.3 is 0 Å². The fourth-order valence-electron chi connectivity index (χ4n) is 2.07. The van der Waals surface area contributed by atoms with Crippen molar-refractivity contribution in [1.29, 1.82) is 0 Å². The third-order valence-electron chi connectivity index (χ3n) is 3.07. The zero-order chi connectivity index (χ0) is 8.39. The molecule has 0 amide bonds. The molecule has 2 aliphatic rings. The van der Waals surface area contributed by atoms with Gasteiger partial charge < -0.3 is 5.32 Å². The quantitative estimate of drug-likeness (QED) is 0.667. The van der Waals surface area contributed by atoms with Crippen molar-refractivity contribution >= 4 is 0 Å². The van der Waals surface area contributed by atoms with Crippen LogP contribution in [0, 0.1) is 0 Å². The lowest BCUT2D eigenvalue weighted by Crippen LogP contribution is -2.38. The van der Waals surface area contributed by atoms with E-state index < -0.39 is 0 Å². The van der Waals surface area contributed by atoms with E-state index in [-0.39, 0.29) is 0 Å². The van der Waals surface area contributed by atoms with Crippen LogP contribution in [0.2, 0.25) is 0 Å². The minimum Gasteiger partial charge on any atom is -0.313 e. The van der Waals surface area contributed by atoms with E-state index in [0.717, 1.165) is 12.1 Å². The molecule has 1 aliphatic carbocycles. The second kappa shape index (κ2) is 3.75. The molecule has 1 unspecified atom stereocenters. The van der Waals surface area contributed by atoms with Crippen LogP contribution in [-0.2, 0) is 0 Å². The molecule has 0 radical (unpaired) electrons. The monoisotopic (exact) mass is 168 g/mol. The topological polar surface area (TPSA) is 15.3 Å². The van der Waals surface area contributed by atoms with E-state index in [2.05, 4.69) is 17.1 Å². The Morgan fingerprint density at radius 2 is 2.25 bits per heavy atom. The van der Waals surface area contributed by atoms with Gasteiger partial charge in [-0.05, 0) is 38.8 Å². The second-order valence-electron chi connectivity index (χ2n) is 4.14. The molecule has 1 saturated heterocycles. The molecule has 1 saturated carbocycles. The van der Waals surface area contributed by atoms with Crippen LogP contribution < -0.4 is 5.32 Å². The Kier molecular flexibility index (Phi) is 2.66. The van der Waals surface area contributed by atoms with Crippen LogP contribution >= 0.6 is 0 Å². The molecule has 2 heteroatoms. The fourth-order valence-corrected chi connectivity index (χ4v) is 2.07. The number of rotatable bonds is 2. The van der Waals surface area contributed by atoms with Gasteiger partial charge in [-0.15, -0.1) is 0 Å². The minimum absolute atomic E-state index is 0.757. The summed E-state index contributed by atoms with van der Waals surface area (Å²) in [7, 11) is 0. The second-order valence-corrected chi connectivity index (χ2v) is 4.14. The third-order valence-corrected chi connectivity index (χ3v) is 3.07. The van der Waals surface area contributed by atoms with E-state index in [1.54, 1.807) is 0 Å². The Labute approximate surface area is 75.3 Å². The van der Waals surface area contributed by atoms with Gasteiger partial charge in [0, 0.05) is 18.6 Å². The molecule has 1 heterocycles. The molecular formula is C10H20N2. The standard InChI is InChI=1S/C10H20N2/c1-2-9-8-12(10-4-5-10)7-3-6-11-9/h9-11H,2-8H2,1H3. The SMILES string of the molecule is CCC1CN(C2CC2)CCCN1. The number of hydrogen-bond donors (Lipinski definition) is 1. The Morgan fingerprint density at radius 3 is 2.92 bits per heavy atom. The van der Waals surface area contributed by atoms with Gasteiger partial charge in [0.2, 0.25) is 0 Å². The normalized spacial score (nSPS) is 33.2. The Morgan fingerprint density at radius 1 is 1.42 bits per heavy atom. The average molecular weight is 168 g/mol. The van der Waals surface area contributed by atoms with Gasteiger partial charge in [-0.3, -0.25) is 4.90 Å². The fraction of sp³-hybridized carbons (Fsp3) is 1.00. The first kappa shape index (κ1) is 8.52. The molecule has 1 atom stereocenters.